The number of fused-ring (bicyclic) bond motifs is 1. The van der Waals surface area contributed by atoms with E-state index >= 15 is 0 Å². The molecule has 1 aromatic carbocycles. The van der Waals surface area contributed by atoms with Crippen LogP contribution in [0.4, 0.5) is 26.9 Å². The van der Waals surface area contributed by atoms with Crippen molar-refractivity contribution in [3.05, 3.63) is 75.7 Å². The van der Waals surface area contributed by atoms with Gasteiger partial charge in [0.1, 0.15) is 66.6 Å². The molecular formula is C37H49N13O18P2. The number of aliphatic hydroxyl groups excluding tert-OH is 1. The SMILES string of the molecule is CC(C)(C)OC(=O)NC(CCCNC(=O)OCc1ccc(N=[N+]=[N-])cc1)C(=O)O[C@H]1[C@@H](O)[C@H](n2cnc3c(N)ncnc32)O[C@H]1COP(=O)(O)O[C@H]1C[C@H](n2ccc(N)nc2=O)O[C@@H]1COP(=O)(O)O. The number of alkyl carbamates (subject to hydrolysis) is 2. The number of rotatable bonds is 20. The van der Waals surface area contributed by atoms with Gasteiger partial charge in [0, 0.05) is 29.8 Å². The lowest BCUT2D eigenvalue weighted by Gasteiger charge is -2.26. The Balaban J connectivity index is 1.17. The van der Waals surface area contributed by atoms with E-state index in [0.29, 0.717) is 11.3 Å². The molecule has 9 atom stereocenters. The number of esters is 1. The first-order chi connectivity index (χ1) is 33.0. The summed E-state index contributed by atoms with van der Waals surface area (Å²) in [6.45, 7) is 2.70. The quantitative estimate of drug-likeness (QED) is 0.0119. The fourth-order valence-electron chi connectivity index (χ4n) is 6.92. The lowest BCUT2D eigenvalue weighted by molar-refractivity contribution is -0.159. The summed E-state index contributed by atoms with van der Waals surface area (Å²) in [5, 5.41) is 20.2. The van der Waals surface area contributed by atoms with Crippen LogP contribution in [0, 0.1) is 0 Å². The second-order valence-corrected chi connectivity index (χ2v) is 19.0. The Bertz CT molecular complexity index is 2710. The van der Waals surface area contributed by atoms with Crippen molar-refractivity contribution < 1.29 is 80.6 Å². The van der Waals surface area contributed by atoms with Crippen LogP contribution in [0.2, 0.25) is 0 Å². The first-order valence-electron chi connectivity index (χ1n) is 20.9. The Labute approximate surface area is 395 Å². The zero-order valence-corrected chi connectivity index (χ0v) is 39.1. The summed E-state index contributed by atoms with van der Waals surface area (Å²) in [6.07, 6.45) is -9.82. The van der Waals surface area contributed by atoms with Crippen molar-refractivity contribution in [2.75, 3.05) is 31.2 Å². The lowest BCUT2D eigenvalue weighted by atomic mass is 10.1. The highest BCUT2D eigenvalue weighted by molar-refractivity contribution is 7.47. The van der Waals surface area contributed by atoms with E-state index in [1.807, 2.05) is 0 Å². The molecule has 0 spiro atoms. The van der Waals surface area contributed by atoms with Crippen molar-refractivity contribution in [3.63, 3.8) is 0 Å². The first kappa shape index (κ1) is 53.0. The van der Waals surface area contributed by atoms with Gasteiger partial charge >= 0.3 is 39.5 Å². The molecule has 380 valence electrons. The Kier molecular flexibility index (Phi) is 17.1. The van der Waals surface area contributed by atoms with E-state index in [2.05, 4.69) is 45.1 Å². The standard InChI is InChI=1S/C37H49N13O18P2/c1-37(2,3)67-36(55)45-21(5-4-11-41-35(54)61-14-19-6-8-20(9-7-19)47-48-40)33(52)66-29-24(65-32(28(29)51)50-18-44-27-30(39)42-17-43-31(27)50)16-63-70(59,60)68-22-13-26(49-12-10-25(38)46-34(49)53)64-23(22)15-62-69(56,57)58/h6-10,12,17-18,21-24,26,28-29,32,51H,4-5,11,13-16H2,1-3H3,(H,41,54)(H,45,55)(H,59,60)(H2,38,46,53)(H2,39,42,43)(H2,56,57,58)/t21?,22-,23+,24-,26+,28+,29+,32+/m0/s1. The van der Waals surface area contributed by atoms with Crippen molar-refractivity contribution in [2.45, 2.75) is 101 Å². The molecule has 2 amide bonds. The topological polar surface area (TPSA) is 443 Å². The second kappa shape index (κ2) is 22.6. The lowest BCUT2D eigenvalue weighted by Crippen LogP contribution is -2.48. The molecule has 2 aliphatic heterocycles. The molecule has 0 saturated carbocycles. The largest absolute Gasteiger partial charge is 0.472 e. The number of phosphoric acid groups is 2. The molecule has 10 N–H and O–H groups in total. The molecule has 6 rings (SSSR count). The third-order valence-electron chi connectivity index (χ3n) is 10.0. The number of nitrogens with two attached hydrogens (primary N) is 2. The van der Waals surface area contributed by atoms with Crippen LogP contribution < -0.4 is 27.8 Å². The van der Waals surface area contributed by atoms with Crippen LogP contribution >= 0.6 is 15.6 Å². The van der Waals surface area contributed by atoms with Crippen LogP contribution in [0.1, 0.15) is 58.1 Å². The van der Waals surface area contributed by atoms with Gasteiger partial charge in [-0.2, -0.15) is 4.98 Å². The van der Waals surface area contributed by atoms with Crippen molar-refractivity contribution in [1.29, 1.82) is 0 Å². The highest BCUT2D eigenvalue weighted by atomic mass is 31.2. The molecule has 33 heteroatoms. The summed E-state index contributed by atoms with van der Waals surface area (Å²) in [4.78, 5) is 100. The number of aromatic nitrogens is 6. The zero-order chi connectivity index (χ0) is 51.0. The molecule has 2 saturated heterocycles. The van der Waals surface area contributed by atoms with Gasteiger partial charge in [0.25, 0.3) is 0 Å². The summed E-state index contributed by atoms with van der Waals surface area (Å²) in [6, 6.07) is 6.02. The summed E-state index contributed by atoms with van der Waals surface area (Å²) in [7, 11) is -10.4. The molecule has 2 unspecified atom stereocenters. The van der Waals surface area contributed by atoms with E-state index < -0.39 is 107 Å². The molecule has 0 bridgehead atoms. The predicted molar refractivity (Wildman–Crippen MR) is 235 cm³/mol. The summed E-state index contributed by atoms with van der Waals surface area (Å²) >= 11 is 0. The molecule has 2 fully saturated rings. The predicted octanol–water partition coefficient (Wildman–Crippen LogP) is 1.86. The van der Waals surface area contributed by atoms with Crippen LogP contribution in [0.25, 0.3) is 21.6 Å². The molecule has 70 heavy (non-hydrogen) atoms. The summed E-state index contributed by atoms with van der Waals surface area (Å²) in [5.74, 6) is -1.32. The number of nitrogens with zero attached hydrogens (tertiary/aromatic N) is 9. The maximum atomic E-state index is 14.0. The molecule has 0 aliphatic carbocycles. The number of hydrogen-bond acceptors (Lipinski definition) is 22. The van der Waals surface area contributed by atoms with E-state index in [4.69, 9.17) is 49.7 Å². The maximum Gasteiger partial charge on any atom is 0.472 e. The van der Waals surface area contributed by atoms with E-state index in [1.165, 1.54) is 35.3 Å². The van der Waals surface area contributed by atoms with E-state index in [1.54, 1.807) is 32.9 Å². The van der Waals surface area contributed by atoms with Gasteiger partial charge in [0.05, 0.1) is 19.5 Å². The second-order valence-electron chi connectivity index (χ2n) is 16.3. The number of anilines is 2. The number of hydrogen-bond donors (Lipinski definition) is 8. The van der Waals surface area contributed by atoms with Crippen molar-refractivity contribution in [1.82, 2.24) is 39.7 Å². The molecule has 3 aromatic heterocycles. The average Bonchev–Trinajstić information content (AvgIpc) is 3.97. The Hall–Kier alpha value is -6.33. The number of aliphatic hydroxyl groups is 1. The van der Waals surface area contributed by atoms with Gasteiger partial charge in [-0.3, -0.25) is 22.7 Å². The van der Waals surface area contributed by atoms with E-state index in [9.17, 15) is 48.1 Å². The normalized spacial score (nSPS) is 22.6. The van der Waals surface area contributed by atoms with Crippen LogP contribution in [0.3, 0.4) is 0 Å². The number of nitrogen functional groups attached to an aromatic ring is 2. The third-order valence-corrected chi connectivity index (χ3v) is 11.5. The Morgan fingerprint density at radius 3 is 2.43 bits per heavy atom. The van der Waals surface area contributed by atoms with Crippen LogP contribution in [-0.2, 0) is 57.8 Å². The van der Waals surface area contributed by atoms with Crippen LogP contribution in [0.5, 0.6) is 0 Å². The monoisotopic (exact) mass is 1030 g/mol. The fraction of sp³-hybridized carbons (Fsp3) is 0.514. The van der Waals surface area contributed by atoms with E-state index in [-0.39, 0.29) is 55.2 Å². The van der Waals surface area contributed by atoms with Gasteiger partial charge in [-0.1, -0.05) is 29.4 Å². The van der Waals surface area contributed by atoms with Crippen molar-refractivity contribution in [3.8, 4) is 0 Å². The van der Waals surface area contributed by atoms with Gasteiger partial charge in [-0.15, -0.1) is 0 Å². The highest BCUT2D eigenvalue weighted by Crippen LogP contribution is 2.50. The van der Waals surface area contributed by atoms with Gasteiger partial charge in [-0.05, 0) is 50.8 Å². The molecule has 4 aromatic rings. The van der Waals surface area contributed by atoms with Gasteiger partial charge < -0.3 is 65.6 Å². The maximum absolute atomic E-state index is 14.0. The van der Waals surface area contributed by atoms with Gasteiger partial charge in [0.2, 0.25) is 0 Å². The van der Waals surface area contributed by atoms with Gasteiger partial charge in [-0.25, -0.2) is 43.3 Å². The summed E-state index contributed by atoms with van der Waals surface area (Å²) in [5.41, 5.74) is 19.3. The fourth-order valence-corrected chi connectivity index (χ4v) is 8.23. The Morgan fingerprint density at radius 1 is 1.01 bits per heavy atom. The number of ether oxygens (including phenoxy) is 5. The number of azide groups is 1. The smallest absolute Gasteiger partial charge is 0.455 e. The number of amides is 2. The molecule has 5 heterocycles. The number of imidazole rings is 1. The van der Waals surface area contributed by atoms with Crippen LogP contribution in [-0.4, -0.2) is 129 Å². The minimum Gasteiger partial charge on any atom is -0.455 e. The molecule has 0 radical (unpaired) electrons. The number of nitrogens with one attached hydrogen (secondary N) is 2. The summed E-state index contributed by atoms with van der Waals surface area (Å²) < 4.78 is 70.7. The number of carbonyl (C=O) groups excluding carboxylic acids is 3. The minimum atomic E-state index is -5.30. The minimum absolute atomic E-state index is 0.0328. The van der Waals surface area contributed by atoms with Crippen molar-refractivity contribution >= 4 is 62.3 Å². The molecule has 2 aliphatic rings. The van der Waals surface area contributed by atoms with E-state index in [0.717, 1.165) is 10.9 Å². The molecular weight excluding hydrogens is 976 g/mol. The van der Waals surface area contributed by atoms with Crippen molar-refractivity contribution in [2.24, 2.45) is 5.11 Å². The number of phosphoric ester groups is 2. The highest BCUT2D eigenvalue weighted by Gasteiger charge is 2.50. The zero-order valence-electron chi connectivity index (χ0n) is 37.3. The van der Waals surface area contributed by atoms with Crippen LogP contribution in [0.15, 0.2) is 59.1 Å². The Morgan fingerprint density at radius 2 is 1.74 bits per heavy atom. The molecule has 31 nitrogen and oxygen atoms in total. The average molecular weight is 1030 g/mol. The number of benzene rings is 1. The third kappa shape index (κ3) is 14.6. The number of carbonyl (C=O) groups is 3. The first-order valence-corrected chi connectivity index (χ1v) is 23.9. The van der Waals surface area contributed by atoms with Gasteiger partial charge in [0.15, 0.2) is 23.8 Å².